The van der Waals surface area contributed by atoms with Gasteiger partial charge < -0.3 is 5.32 Å². The van der Waals surface area contributed by atoms with Crippen LogP contribution in [-0.4, -0.2) is 20.6 Å². The summed E-state index contributed by atoms with van der Waals surface area (Å²) in [5.41, 5.74) is 1.97. The predicted octanol–water partition coefficient (Wildman–Crippen LogP) is 4.21. The maximum absolute atomic E-state index is 12.7. The Labute approximate surface area is 153 Å². The van der Waals surface area contributed by atoms with E-state index < -0.39 is 10.8 Å². The van der Waals surface area contributed by atoms with Gasteiger partial charge in [-0.1, -0.05) is 45.0 Å². The number of benzene rings is 1. The molecule has 2 atom stereocenters. The van der Waals surface area contributed by atoms with Crippen molar-refractivity contribution in [2.45, 2.75) is 59.0 Å². The summed E-state index contributed by atoms with van der Waals surface area (Å²) in [4.78, 5) is 23.3. The van der Waals surface area contributed by atoms with Crippen molar-refractivity contribution in [1.82, 2.24) is 15.1 Å². The summed E-state index contributed by atoms with van der Waals surface area (Å²) in [5, 5.41) is 18.0. The highest BCUT2D eigenvalue weighted by Gasteiger charge is 2.27. The Balaban J connectivity index is 2.24. The monoisotopic (exact) mass is 358 g/mol. The van der Waals surface area contributed by atoms with Crippen LogP contribution in [0.5, 0.6) is 0 Å². The first-order chi connectivity index (χ1) is 12.4. The molecule has 2 rings (SSSR count). The summed E-state index contributed by atoms with van der Waals surface area (Å²) in [5.74, 6) is 0.00850. The quantitative estimate of drug-likeness (QED) is 0.565. The summed E-state index contributed by atoms with van der Waals surface area (Å²) < 4.78 is 1.35. The van der Waals surface area contributed by atoms with Crippen LogP contribution in [0.1, 0.15) is 74.1 Å². The number of hydrogen-bond donors (Lipinski definition) is 1. The van der Waals surface area contributed by atoms with Crippen molar-refractivity contribution >= 4 is 11.6 Å². The largest absolute Gasteiger partial charge is 0.344 e. The minimum Gasteiger partial charge on any atom is -0.344 e. The normalized spacial score (nSPS) is 13.2. The SMILES string of the molecule is CCC(C)c1ccc(C(CC)NC(=O)c2c([N+](=O)[O-])cnn2CC)cc1. The van der Waals surface area contributed by atoms with E-state index in [1.807, 2.05) is 19.1 Å². The van der Waals surface area contributed by atoms with E-state index in [1.54, 1.807) is 6.92 Å². The molecule has 0 aliphatic heterocycles. The standard InChI is InChI=1S/C19H26N4O3/c1-5-13(4)14-8-10-15(11-9-14)16(6-2)21-19(24)18-17(23(25)26)12-20-22(18)7-3/h8-13,16H,5-7H2,1-4H3,(H,21,24). The average Bonchev–Trinajstić information content (AvgIpc) is 3.10. The number of hydrogen-bond acceptors (Lipinski definition) is 4. The number of rotatable bonds is 8. The van der Waals surface area contributed by atoms with Crippen LogP contribution >= 0.6 is 0 Å². The van der Waals surface area contributed by atoms with Crippen LogP contribution < -0.4 is 5.32 Å². The minimum atomic E-state index is -0.573. The molecule has 0 saturated heterocycles. The van der Waals surface area contributed by atoms with Crippen molar-refractivity contribution in [1.29, 1.82) is 0 Å². The molecule has 26 heavy (non-hydrogen) atoms. The van der Waals surface area contributed by atoms with Gasteiger partial charge in [-0.2, -0.15) is 5.10 Å². The topological polar surface area (TPSA) is 90.1 Å². The number of nitrogens with zero attached hydrogens (tertiary/aromatic N) is 3. The van der Waals surface area contributed by atoms with Crippen LogP contribution in [0.25, 0.3) is 0 Å². The molecular weight excluding hydrogens is 332 g/mol. The molecule has 1 heterocycles. The van der Waals surface area contributed by atoms with E-state index in [1.165, 1.54) is 10.2 Å². The first-order valence-corrected chi connectivity index (χ1v) is 9.03. The van der Waals surface area contributed by atoms with Gasteiger partial charge in [-0.25, -0.2) is 0 Å². The zero-order valence-electron chi connectivity index (χ0n) is 15.7. The van der Waals surface area contributed by atoms with E-state index in [-0.39, 0.29) is 17.4 Å². The van der Waals surface area contributed by atoms with Crippen molar-refractivity contribution in [3.05, 3.63) is 57.4 Å². The van der Waals surface area contributed by atoms with Crippen LogP contribution in [-0.2, 0) is 6.54 Å². The van der Waals surface area contributed by atoms with Gasteiger partial charge in [0.25, 0.3) is 5.91 Å². The molecular formula is C19H26N4O3. The highest BCUT2D eigenvalue weighted by atomic mass is 16.6. The second-order valence-electron chi connectivity index (χ2n) is 6.36. The van der Waals surface area contributed by atoms with Gasteiger partial charge >= 0.3 is 5.69 Å². The molecule has 2 aromatic rings. The average molecular weight is 358 g/mol. The highest BCUT2D eigenvalue weighted by molar-refractivity contribution is 5.96. The minimum absolute atomic E-state index is 0.00725. The van der Waals surface area contributed by atoms with Crippen molar-refractivity contribution in [3.63, 3.8) is 0 Å². The smallest absolute Gasteiger partial charge is 0.320 e. The molecule has 2 unspecified atom stereocenters. The van der Waals surface area contributed by atoms with Crippen molar-refractivity contribution in [3.8, 4) is 0 Å². The van der Waals surface area contributed by atoms with E-state index in [2.05, 4.69) is 36.4 Å². The summed E-state index contributed by atoms with van der Waals surface area (Å²) in [6.07, 6.45) is 2.88. The summed E-state index contributed by atoms with van der Waals surface area (Å²) in [6.45, 7) is 8.48. The van der Waals surface area contributed by atoms with E-state index in [0.717, 1.165) is 18.2 Å². The van der Waals surface area contributed by atoms with Gasteiger partial charge in [0, 0.05) is 6.54 Å². The first-order valence-electron chi connectivity index (χ1n) is 9.03. The molecule has 0 radical (unpaired) electrons. The second kappa shape index (κ2) is 8.60. The Morgan fingerprint density at radius 2 is 1.81 bits per heavy atom. The Morgan fingerprint density at radius 3 is 2.31 bits per heavy atom. The third kappa shape index (κ3) is 4.09. The van der Waals surface area contributed by atoms with E-state index in [4.69, 9.17) is 0 Å². The van der Waals surface area contributed by atoms with Gasteiger partial charge in [-0.15, -0.1) is 0 Å². The Morgan fingerprint density at radius 1 is 1.19 bits per heavy atom. The molecule has 140 valence electrons. The van der Waals surface area contributed by atoms with Crippen molar-refractivity contribution in [2.75, 3.05) is 0 Å². The lowest BCUT2D eigenvalue weighted by Crippen LogP contribution is -2.30. The number of carbonyl (C=O) groups is 1. The molecule has 1 amide bonds. The van der Waals surface area contributed by atoms with E-state index >= 15 is 0 Å². The van der Waals surface area contributed by atoms with Gasteiger partial charge in [0.15, 0.2) is 0 Å². The fraction of sp³-hybridized carbons (Fsp3) is 0.474. The Bertz CT molecular complexity index is 768. The molecule has 0 spiro atoms. The molecule has 1 N–H and O–H groups in total. The lowest BCUT2D eigenvalue weighted by molar-refractivity contribution is -0.385. The number of aryl methyl sites for hydroxylation is 1. The van der Waals surface area contributed by atoms with Crippen LogP contribution in [0.15, 0.2) is 30.5 Å². The van der Waals surface area contributed by atoms with Gasteiger partial charge in [-0.05, 0) is 36.8 Å². The molecule has 0 fully saturated rings. The highest BCUT2D eigenvalue weighted by Crippen LogP contribution is 2.24. The van der Waals surface area contributed by atoms with Crippen molar-refractivity contribution < 1.29 is 9.72 Å². The predicted molar refractivity (Wildman–Crippen MR) is 100 cm³/mol. The number of amides is 1. The summed E-state index contributed by atoms with van der Waals surface area (Å²) in [6, 6.07) is 7.98. The number of aromatic nitrogens is 2. The maximum atomic E-state index is 12.7. The third-order valence-electron chi connectivity index (χ3n) is 4.77. The zero-order chi connectivity index (χ0) is 19.3. The lowest BCUT2D eigenvalue weighted by atomic mass is 9.95. The molecule has 1 aromatic carbocycles. The number of nitrogens with one attached hydrogen (secondary N) is 1. The van der Waals surface area contributed by atoms with Crippen LogP contribution in [0.2, 0.25) is 0 Å². The Kier molecular flexibility index (Phi) is 6.49. The number of carbonyl (C=O) groups excluding carboxylic acids is 1. The summed E-state index contributed by atoms with van der Waals surface area (Å²) in [7, 11) is 0. The van der Waals surface area contributed by atoms with Gasteiger partial charge in [0.05, 0.1) is 11.0 Å². The fourth-order valence-corrected chi connectivity index (χ4v) is 2.92. The molecule has 7 nitrogen and oxygen atoms in total. The van der Waals surface area contributed by atoms with Crippen LogP contribution in [0.3, 0.4) is 0 Å². The first kappa shape index (κ1) is 19.6. The third-order valence-corrected chi connectivity index (χ3v) is 4.77. The molecule has 0 aliphatic carbocycles. The molecule has 0 aliphatic rings. The molecule has 0 saturated carbocycles. The molecule has 7 heteroatoms. The zero-order valence-corrected chi connectivity index (χ0v) is 15.7. The Hall–Kier alpha value is -2.70. The van der Waals surface area contributed by atoms with Gasteiger partial charge in [0.2, 0.25) is 5.69 Å². The van der Waals surface area contributed by atoms with Gasteiger partial charge in [0.1, 0.15) is 6.20 Å². The van der Waals surface area contributed by atoms with Crippen LogP contribution in [0.4, 0.5) is 5.69 Å². The van der Waals surface area contributed by atoms with Crippen LogP contribution in [0, 0.1) is 10.1 Å². The van der Waals surface area contributed by atoms with E-state index in [9.17, 15) is 14.9 Å². The molecule has 0 bridgehead atoms. The number of nitro groups is 1. The lowest BCUT2D eigenvalue weighted by Gasteiger charge is -2.19. The van der Waals surface area contributed by atoms with Crippen molar-refractivity contribution in [2.24, 2.45) is 0 Å². The fourth-order valence-electron chi connectivity index (χ4n) is 2.92. The maximum Gasteiger partial charge on any atom is 0.320 e. The molecule has 1 aromatic heterocycles. The second-order valence-corrected chi connectivity index (χ2v) is 6.36. The van der Waals surface area contributed by atoms with Gasteiger partial charge in [-0.3, -0.25) is 19.6 Å². The summed E-state index contributed by atoms with van der Waals surface area (Å²) >= 11 is 0. The van der Waals surface area contributed by atoms with E-state index in [0.29, 0.717) is 18.9 Å².